The van der Waals surface area contributed by atoms with E-state index in [1.165, 1.54) is 11.8 Å². The Hall–Kier alpha value is -1.87. The lowest BCUT2D eigenvalue weighted by atomic mass is 10.2. The standard InChI is InChI=1S/C10H9N5S/c1-15-9(8-2-5-12-6-3-8)13-14-10(15)16-7-4-11/h2-3,5-6H,7H2,1H3. The third-order valence-corrected chi connectivity index (χ3v) is 2.93. The summed E-state index contributed by atoms with van der Waals surface area (Å²) in [7, 11) is 1.88. The van der Waals surface area contributed by atoms with Crippen molar-refractivity contribution in [2.45, 2.75) is 5.16 Å². The molecule has 0 radical (unpaired) electrons. The van der Waals surface area contributed by atoms with Crippen LogP contribution in [0.5, 0.6) is 0 Å². The zero-order chi connectivity index (χ0) is 11.4. The maximum Gasteiger partial charge on any atom is 0.192 e. The summed E-state index contributed by atoms with van der Waals surface area (Å²) in [5.74, 6) is 1.16. The molecule has 0 aliphatic rings. The Morgan fingerprint density at radius 2 is 2.12 bits per heavy atom. The molecule has 0 amide bonds. The summed E-state index contributed by atoms with van der Waals surface area (Å²) >= 11 is 1.38. The van der Waals surface area contributed by atoms with Crippen LogP contribution in [-0.4, -0.2) is 25.5 Å². The van der Waals surface area contributed by atoms with Crippen LogP contribution in [0.25, 0.3) is 11.4 Å². The van der Waals surface area contributed by atoms with Crippen molar-refractivity contribution in [3.8, 4) is 17.5 Å². The molecule has 5 nitrogen and oxygen atoms in total. The molecule has 2 heterocycles. The van der Waals surface area contributed by atoms with Crippen LogP contribution in [0.2, 0.25) is 0 Å². The van der Waals surface area contributed by atoms with Gasteiger partial charge in [0.05, 0.1) is 11.8 Å². The van der Waals surface area contributed by atoms with Gasteiger partial charge in [-0.1, -0.05) is 11.8 Å². The lowest BCUT2D eigenvalue weighted by molar-refractivity contribution is 0.795. The van der Waals surface area contributed by atoms with E-state index < -0.39 is 0 Å². The summed E-state index contributed by atoms with van der Waals surface area (Å²) in [4.78, 5) is 3.95. The van der Waals surface area contributed by atoms with Gasteiger partial charge in [-0.25, -0.2) is 0 Å². The zero-order valence-electron chi connectivity index (χ0n) is 8.66. The van der Waals surface area contributed by atoms with E-state index in [0.29, 0.717) is 5.75 Å². The van der Waals surface area contributed by atoms with Gasteiger partial charge in [0.1, 0.15) is 0 Å². The maximum absolute atomic E-state index is 8.51. The van der Waals surface area contributed by atoms with Crippen LogP contribution in [0.4, 0.5) is 0 Å². The molecule has 0 saturated carbocycles. The van der Waals surface area contributed by atoms with Crippen LogP contribution in [0.3, 0.4) is 0 Å². The number of rotatable bonds is 3. The fourth-order valence-corrected chi connectivity index (χ4v) is 1.86. The smallest absolute Gasteiger partial charge is 0.192 e. The average molecular weight is 231 g/mol. The predicted molar refractivity (Wildman–Crippen MR) is 60.6 cm³/mol. The number of nitriles is 1. The van der Waals surface area contributed by atoms with Crippen molar-refractivity contribution < 1.29 is 0 Å². The summed E-state index contributed by atoms with van der Waals surface area (Å²) in [5, 5.41) is 17.4. The zero-order valence-corrected chi connectivity index (χ0v) is 9.48. The van der Waals surface area contributed by atoms with Crippen LogP contribution in [0.1, 0.15) is 0 Å². The normalized spacial score (nSPS) is 10.0. The van der Waals surface area contributed by atoms with Crippen molar-refractivity contribution >= 4 is 11.8 Å². The van der Waals surface area contributed by atoms with Gasteiger partial charge in [-0.15, -0.1) is 10.2 Å². The van der Waals surface area contributed by atoms with Gasteiger partial charge in [-0.3, -0.25) is 4.98 Å². The second-order valence-corrected chi connectivity index (χ2v) is 3.99. The number of hydrogen-bond donors (Lipinski definition) is 0. The molecule has 0 atom stereocenters. The number of nitrogens with zero attached hydrogens (tertiary/aromatic N) is 5. The molecule has 0 N–H and O–H groups in total. The van der Waals surface area contributed by atoms with E-state index in [0.717, 1.165) is 16.5 Å². The van der Waals surface area contributed by atoms with Gasteiger partial charge in [0.25, 0.3) is 0 Å². The Morgan fingerprint density at radius 1 is 1.38 bits per heavy atom. The average Bonchev–Trinajstić information content (AvgIpc) is 2.69. The lowest BCUT2D eigenvalue weighted by Crippen LogP contribution is -1.94. The van der Waals surface area contributed by atoms with Crippen LogP contribution in [-0.2, 0) is 7.05 Å². The Kier molecular flexibility index (Phi) is 3.17. The fourth-order valence-electron chi connectivity index (χ4n) is 1.29. The molecule has 6 heteroatoms. The molecular formula is C10H9N5S. The van der Waals surface area contributed by atoms with Gasteiger partial charge in [-0.05, 0) is 12.1 Å². The summed E-state index contributed by atoms with van der Waals surface area (Å²) < 4.78 is 1.87. The molecule has 0 aliphatic carbocycles. The fraction of sp³-hybridized carbons (Fsp3) is 0.200. The molecule has 2 aromatic rings. The number of pyridine rings is 1. The summed E-state index contributed by atoms with van der Waals surface area (Å²) in [6.07, 6.45) is 3.43. The topological polar surface area (TPSA) is 67.4 Å². The van der Waals surface area contributed by atoms with Gasteiger partial charge in [0.15, 0.2) is 11.0 Å². The number of hydrogen-bond acceptors (Lipinski definition) is 5. The minimum absolute atomic E-state index is 0.377. The first-order valence-electron chi connectivity index (χ1n) is 4.62. The Labute approximate surface area is 97.1 Å². The van der Waals surface area contributed by atoms with Crippen LogP contribution in [0.15, 0.2) is 29.7 Å². The monoisotopic (exact) mass is 231 g/mol. The van der Waals surface area contributed by atoms with E-state index in [-0.39, 0.29) is 0 Å². The van der Waals surface area contributed by atoms with Gasteiger partial charge >= 0.3 is 0 Å². The molecule has 80 valence electrons. The second kappa shape index (κ2) is 4.77. The van der Waals surface area contributed by atoms with E-state index in [2.05, 4.69) is 21.3 Å². The molecule has 0 saturated heterocycles. The molecule has 0 aromatic carbocycles. The van der Waals surface area contributed by atoms with E-state index in [1.807, 2.05) is 23.7 Å². The number of aromatic nitrogens is 4. The van der Waals surface area contributed by atoms with E-state index in [1.54, 1.807) is 12.4 Å². The van der Waals surface area contributed by atoms with Crippen molar-refractivity contribution in [3.63, 3.8) is 0 Å². The van der Waals surface area contributed by atoms with Crippen LogP contribution >= 0.6 is 11.8 Å². The van der Waals surface area contributed by atoms with Gasteiger partial charge in [0.2, 0.25) is 0 Å². The molecule has 0 aliphatic heterocycles. The molecule has 0 fully saturated rings. The summed E-state index contributed by atoms with van der Waals surface area (Å²) in [5.41, 5.74) is 0.966. The Morgan fingerprint density at radius 3 is 2.81 bits per heavy atom. The van der Waals surface area contributed by atoms with Gasteiger partial charge in [-0.2, -0.15) is 5.26 Å². The predicted octanol–water partition coefficient (Wildman–Crippen LogP) is 1.49. The molecule has 2 rings (SSSR count). The number of thioether (sulfide) groups is 1. The lowest BCUT2D eigenvalue weighted by Gasteiger charge is -2.01. The second-order valence-electron chi connectivity index (χ2n) is 3.05. The highest BCUT2D eigenvalue weighted by Crippen LogP contribution is 2.21. The molecule has 0 spiro atoms. The Balaban J connectivity index is 2.31. The molecule has 0 unspecified atom stereocenters. The van der Waals surface area contributed by atoms with Crippen molar-refractivity contribution in [1.82, 2.24) is 19.7 Å². The first-order chi connectivity index (χ1) is 7.83. The largest absolute Gasteiger partial charge is 0.305 e. The van der Waals surface area contributed by atoms with E-state index >= 15 is 0 Å². The SMILES string of the molecule is Cn1c(SCC#N)nnc1-c1ccncc1. The van der Waals surface area contributed by atoms with Crippen molar-refractivity contribution in [3.05, 3.63) is 24.5 Å². The first kappa shape index (κ1) is 10.6. The highest BCUT2D eigenvalue weighted by atomic mass is 32.2. The first-order valence-corrected chi connectivity index (χ1v) is 5.61. The van der Waals surface area contributed by atoms with Gasteiger partial charge < -0.3 is 4.57 Å². The van der Waals surface area contributed by atoms with Crippen molar-refractivity contribution in [1.29, 1.82) is 5.26 Å². The third-order valence-electron chi connectivity index (χ3n) is 2.04. The molecule has 0 bridgehead atoms. The van der Waals surface area contributed by atoms with Crippen molar-refractivity contribution in [2.24, 2.45) is 7.05 Å². The third kappa shape index (κ3) is 2.04. The summed E-state index contributed by atoms with van der Waals surface area (Å²) in [6, 6.07) is 5.82. The molecule has 2 aromatic heterocycles. The Bertz CT molecular complexity index is 514. The van der Waals surface area contributed by atoms with Crippen molar-refractivity contribution in [2.75, 3.05) is 5.75 Å². The highest BCUT2D eigenvalue weighted by molar-refractivity contribution is 7.99. The molecular weight excluding hydrogens is 222 g/mol. The van der Waals surface area contributed by atoms with E-state index in [4.69, 9.17) is 5.26 Å². The van der Waals surface area contributed by atoms with Crippen LogP contribution < -0.4 is 0 Å². The molecule has 16 heavy (non-hydrogen) atoms. The van der Waals surface area contributed by atoms with Gasteiger partial charge in [0, 0.05) is 25.0 Å². The maximum atomic E-state index is 8.51. The minimum atomic E-state index is 0.377. The minimum Gasteiger partial charge on any atom is -0.305 e. The van der Waals surface area contributed by atoms with E-state index in [9.17, 15) is 0 Å². The van der Waals surface area contributed by atoms with Crippen LogP contribution in [0, 0.1) is 11.3 Å². The summed E-state index contributed by atoms with van der Waals surface area (Å²) in [6.45, 7) is 0. The highest BCUT2D eigenvalue weighted by Gasteiger charge is 2.10. The quantitative estimate of drug-likeness (QED) is 0.749.